The minimum Gasteiger partial charge on any atom is -0.398 e. The number of amides is 1. The zero-order valence-electron chi connectivity index (χ0n) is 35.4. The Labute approximate surface area is 307 Å². The second-order valence-corrected chi connectivity index (χ2v) is 36.3. The van der Waals surface area contributed by atoms with Crippen molar-refractivity contribution in [3.8, 4) is 0 Å². The first kappa shape index (κ1) is 59.2. The van der Waals surface area contributed by atoms with Crippen LogP contribution in [0.1, 0.15) is 62.3 Å². The molecular weight excluding hydrogens is 693 g/mol. The number of nitrogens with zero attached hydrogens (tertiary/aromatic N) is 1. The SMILES string of the molecule is CC(C)(C)C.CCO[Si](C)(C)OCC.CC[Si](C)(C)CC.CNC(C)=O.CO[Si](C)(C)OC.CSSc1ccccn1.C[Si](C)(C)C. The van der Waals surface area contributed by atoms with E-state index in [2.05, 4.69) is 104 Å². The Kier molecular flexibility index (Phi) is 43.4. The lowest BCUT2D eigenvalue weighted by atomic mass is 10.0. The molecule has 7 nitrogen and oxygen atoms in total. The second kappa shape index (κ2) is 34.5. The smallest absolute Gasteiger partial charge is 0.331 e. The van der Waals surface area contributed by atoms with Crippen molar-refractivity contribution in [3.05, 3.63) is 24.4 Å². The Morgan fingerprint density at radius 3 is 1.28 bits per heavy atom. The summed E-state index contributed by atoms with van der Waals surface area (Å²) in [4.78, 5) is 13.8. The predicted molar refractivity (Wildman–Crippen MR) is 228 cm³/mol. The number of aromatic nitrogens is 1. The molecule has 47 heavy (non-hydrogen) atoms. The Hall–Kier alpha value is 0.0275. The van der Waals surface area contributed by atoms with Crippen LogP contribution in [-0.2, 0) is 22.5 Å². The van der Waals surface area contributed by atoms with E-state index < -0.39 is 33.3 Å². The fourth-order valence-corrected chi connectivity index (χ4v) is 4.91. The maximum Gasteiger partial charge on any atom is 0.331 e. The maximum atomic E-state index is 9.70. The normalized spacial score (nSPS) is 11.0. The summed E-state index contributed by atoms with van der Waals surface area (Å²) in [6.07, 6.45) is 3.85. The second-order valence-electron chi connectivity index (χ2n) is 15.2. The van der Waals surface area contributed by atoms with E-state index in [0.29, 0.717) is 5.41 Å². The third kappa shape index (κ3) is 81.8. The number of carbonyl (C=O) groups excluding carboxylic acids is 1. The third-order valence-electron chi connectivity index (χ3n) is 5.04. The largest absolute Gasteiger partial charge is 0.398 e. The van der Waals surface area contributed by atoms with E-state index in [-0.39, 0.29) is 5.91 Å². The molecule has 0 unspecified atom stereocenters. The molecule has 1 rings (SSSR count). The van der Waals surface area contributed by atoms with Crippen LogP contribution in [0.25, 0.3) is 0 Å². The summed E-state index contributed by atoms with van der Waals surface area (Å²) in [5.41, 5.74) is 0.500. The molecular formula is C34H82N2O5S2Si4. The molecule has 0 bridgehead atoms. The number of pyridine rings is 1. The van der Waals surface area contributed by atoms with Crippen molar-refractivity contribution in [2.75, 3.05) is 40.7 Å². The minimum absolute atomic E-state index is 0.00463. The zero-order chi connectivity index (χ0) is 39.0. The summed E-state index contributed by atoms with van der Waals surface area (Å²) in [7, 11) is 3.72. The van der Waals surface area contributed by atoms with Gasteiger partial charge in [-0.2, -0.15) is 0 Å². The van der Waals surface area contributed by atoms with Gasteiger partial charge in [-0.3, -0.25) is 4.79 Å². The van der Waals surface area contributed by atoms with Crippen molar-refractivity contribution in [3.63, 3.8) is 0 Å². The average molecular weight is 776 g/mol. The van der Waals surface area contributed by atoms with Gasteiger partial charge in [0.1, 0.15) is 5.03 Å². The quantitative estimate of drug-likeness (QED) is 0.186. The van der Waals surface area contributed by atoms with Crippen LogP contribution in [0.2, 0.25) is 77.6 Å². The molecule has 0 spiro atoms. The highest BCUT2D eigenvalue weighted by Crippen LogP contribution is 2.25. The summed E-state index contributed by atoms with van der Waals surface area (Å²) in [6, 6.07) is 8.78. The van der Waals surface area contributed by atoms with E-state index in [0.717, 1.165) is 18.2 Å². The van der Waals surface area contributed by atoms with Gasteiger partial charge in [-0.25, -0.2) is 4.98 Å². The average Bonchev–Trinajstić information content (AvgIpc) is 2.93. The Balaban J connectivity index is -0.000000106. The maximum absolute atomic E-state index is 9.70. The van der Waals surface area contributed by atoms with Crippen LogP contribution in [0.4, 0.5) is 0 Å². The molecule has 1 aromatic rings. The molecule has 0 fully saturated rings. The first-order chi connectivity index (χ1) is 21.1. The Bertz CT molecular complexity index is 735. The summed E-state index contributed by atoms with van der Waals surface area (Å²) < 4.78 is 20.8. The van der Waals surface area contributed by atoms with E-state index >= 15 is 0 Å². The van der Waals surface area contributed by atoms with Gasteiger partial charge in [0.05, 0.1) is 0 Å². The molecule has 0 radical (unpaired) electrons. The van der Waals surface area contributed by atoms with Gasteiger partial charge in [0, 0.05) is 63.7 Å². The van der Waals surface area contributed by atoms with Gasteiger partial charge in [-0.05, 0) is 74.6 Å². The molecule has 0 aliphatic heterocycles. The molecule has 0 saturated heterocycles. The monoisotopic (exact) mass is 774 g/mol. The number of rotatable bonds is 10. The van der Waals surface area contributed by atoms with Crippen molar-refractivity contribution < 1.29 is 22.5 Å². The van der Waals surface area contributed by atoms with Crippen LogP contribution in [0.15, 0.2) is 29.4 Å². The predicted octanol–water partition coefficient (Wildman–Crippen LogP) is 11.7. The Morgan fingerprint density at radius 2 is 1.13 bits per heavy atom. The van der Waals surface area contributed by atoms with Crippen LogP contribution in [0.5, 0.6) is 0 Å². The van der Waals surface area contributed by atoms with Gasteiger partial charge in [-0.1, -0.05) is 110 Å². The molecule has 0 aromatic carbocycles. The topological polar surface area (TPSA) is 78.9 Å². The highest BCUT2D eigenvalue weighted by Gasteiger charge is 2.22. The number of carbonyl (C=O) groups is 1. The van der Waals surface area contributed by atoms with E-state index in [1.807, 2.05) is 51.4 Å². The number of hydrogen-bond donors (Lipinski definition) is 1. The molecule has 0 saturated carbocycles. The lowest BCUT2D eigenvalue weighted by Crippen LogP contribution is -2.34. The first-order valence-electron chi connectivity index (χ1n) is 16.7. The highest BCUT2D eigenvalue weighted by atomic mass is 33.1. The minimum atomic E-state index is -1.70. The third-order valence-corrected chi connectivity index (χ3v) is 14.4. The summed E-state index contributed by atoms with van der Waals surface area (Å²) >= 11 is 0. The number of nitrogens with one attached hydrogen (secondary N) is 1. The molecule has 1 amide bonds. The highest BCUT2D eigenvalue weighted by molar-refractivity contribution is 8.76. The molecule has 0 aliphatic rings. The van der Waals surface area contributed by atoms with Gasteiger partial charge >= 0.3 is 17.1 Å². The van der Waals surface area contributed by atoms with Gasteiger partial charge in [-0.15, -0.1) is 0 Å². The fourth-order valence-electron chi connectivity index (χ4n) is 1.55. The number of hydrogen-bond acceptors (Lipinski definition) is 8. The zero-order valence-corrected chi connectivity index (χ0v) is 41.1. The fraction of sp³-hybridized carbons (Fsp3) is 0.824. The van der Waals surface area contributed by atoms with E-state index in [1.165, 1.54) is 19.0 Å². The molecule has 1 N–H and O–H groups in total. The van der Waals surface area contributed by atoms with Crippen LogP contribution in [-0.4, -0.2) is 84.9 Å². The van der Waals surface area contributed by atoms with Crippen LogP contribution >= 0.6 is 21.6 Å². The van der Waals surface area contributed by atoms with Gasteiger partial charge in [0.15, 0.2) is 0 Å². The van der Waals surface area contributed by atoms with Gasteiger partial charge in [0.25, 0.3) is 0 Å². The molecule has 13 heteroatoms. The Morgan fingerprint density at radius 1 is 0.787 bits per heavy atom. The van der Waals surface area contributed by atoms with E-state index in [9.17, 15) is 4.79 Å². The molecule has 286 valence electrons. The van der Waals surface area contributed by atoms with Gasteiger partial charge < -0.3 is 23.0 Å². The first-order valence-corrected chi connectivity index (χ1v) is 32.4. The van der Waals surface area contributed by atoms with Crippen LogP contribution in [0, 0.1) is 5.41 Å². The lowest BCUT2D eigenvalue weighted by molar-refractivity contribution is -0.118. The van der Waals surface area contributed by atoms with E-state index in [1.54, 1.807) is 49.1 Å². The van der Waals surface area contributed by atoms with Crippen molar-refractivity contribution >= 4 is 60.8 Å². The summed E-state index contributed by atoms with van der Waals surface area (Å²) in [6.45, 7) is 42.6. The van der Waals surface area contributed by atoms with Crippen molar-refractivity contribution in [1.29, 1.82) is 0 Å². The van der Waals surface area contributed by atoms with Crippen molar-refractivity contribution in [1.82, 2.24) is 10.3 Å². The lowest BCUT2D eigenvalue weighted by Gasteiger charge is -2.20. The van der Waals surface area contributed by atoms with E-state index in [4.69, 9.17) is 17.7 Å². The molecule has 0 atom stereocenters. The van der Waals surface area contributed by atoms with Crippen molar-refractivity contribution in [2.45, 2.75) is 145 Å². The van der Waals surface area contributed by atoms with Gasteiger partial charge in [0.2, 0.25) is 5.91 Å². The summed E-state index contributed by atoms with van der Waals surface area (Å²) in [5, 5.41) is 3.46. The molecule has 1 heterocycles. The van der Waals surface area contributed by atoms with Crippen LogP contribution in [0.3, 0.4) is 0 Å². The van der Waals surface area contributed by atoms with Crippen LogP contribution < -0.4 is 5.32 Å². The van der Waals surface area contributed by atoms with Crippen molar-refractivity contribution in [2.24, 2.45) is 5.41 Å². The standard InChI is InChI=1S/C6H7NS2.C6H16O2Si.C6H16Si.C5H12.C4H12O2Si.C4H12Si.C3H7NO/c1-8-9-6-4-2-3-5-7-6;1-5-7-9(3,4)8-6-2;1-5-7(3,4)6-2;1-5(2,3)4;1-5-7(3,4)6-2;1-5(2,3)4;1-3(5)4-2/h2-5H,1H3;5-6H2,1-4H3;5-6H2,1-4H3;1-4H3;1-4H3;1-4H3;1-2H3,(H,4,5). The molecule has 0 aliphatic carbocycles. The molecule has 1 aromatic heterocycles. The summed E-state index contributed by atoms with van der Waals surface area (Å²) in [5.74, 6) is 0.00463.